The van der Waals surface area contributed by atoms with Crippen LogP contribution in [0, 0.1) is 0 Å². The molecule has 134 valence electrons. The summed E-state index contributed by atoms with van der Waals surface area (Å²) < 4.78 is 0. The summed E-state index contributed by atoms with van der Waals surface area (Å²) in [5.74, 6) is 0.709. The number of rotatable bonds is 6. The fraction of sp³-hybridized carbons (Fsp3) is 0.667. The number of hydrogen-bond donors (Lipinski definition) is 3. The van der Waals surface area contributed by atoms with Gasteiger partial charge >= 0.3 is 0 Å². The van der Waals surface area contributed by atoms with E-state index in [1.165, 1.54) is 24.1 Å². The standard InChI is InChI=1S/C18H30N4OS/c1-18(2,15-10-7-11-24-15)13-21-17(19-3)20-12-16(23)22-14-8-5-4-6-9-14/h7,10-11,14H,4-6,8-9,12-13H2,1-3H3,(H,22,23)(H2,19,20,21). The van der Waals surface area contributed by atoms with Gasteiger partial charge in [0.05, 0.1) is 6.54 Å². The topological polar surface area (TPSA) is 65.5 Å². The molecule has 5 nitrogen and oxygen atoms in total. The number of carbonyl (C=O) groups is 1. The predicted octanol–water partition coefficient (Wildman–Crippen LogP) is 2.64. The minimum Gasteiger partial charge on any atom is -0.356 e. The van der Waals surface area contributed by atoms with Gasteiger partial charge in [-0.2, -0.15) is 0 Å². The molecule has 1 aliphatic rings. The summed E-state index contributed by atoms with van der Waals surface area (Å²) in [5, 5.41) is 11.6. The number of aliphatic imine (C=N–C) groups is 1. The molecule has 1 fully saturated rings. The molecule has 1 saturated carbocycles. The maximum absolute atomic E-state index is 12.1. The molecule has 0 atom stereocenters. The number of carbonyl (C=O) groups excluding carboxylic acids is 1. The van der Waals surface area contributed by atoms with E-state index in [4.69, 9.17) is 0 Å². The lowest BCUT2D eigenvalue weighted by Crippen LogP contribution is -2.48. The number of hydrogen-bond acceptors (Lipinski definition) is 3. The van der Waals surface area contributed by atoms with E-state index in [1.807, 2.05) is 0 Å². The molecular formula is C18H30N4OS. The molecule has 0 saturated heterocycles. The fourth-order valence-electron chi connectivity index (χ4n) is 2.97. The Hall–Kier alpha value is -1.56. The summed E-state index contributed by atoms with van der Waals surface area (Å²) >= 11 is 1.76. The Morgan fingerprint density at radius 2 is 2.04 bits per heavy atom. The minimum absolute atomic E-state index is 0.0240. The van der Waals surface area contributed by atoms with Crippen LogP contribution in [0.25, 0.3) is 0 Å². The SMILES string of the molecule is CN=C(NCC(=O)NC1CCCCC1)NCC(C)(C)c1cccs1. The largest absolute Gasteiger partial charge is 0.356 e. The molecule has 1 aromatic heterocycles. The molecule has 2 rings (SSSR count). The zero-order valence-corrected chi connectivity index (χ0v) is 15.8. The van der Waals surface area contributed by atoms with E-state index < -0.39 is 0 Å². The van der Waals surface area contributed by atoms with Crippen molar-refractivity contribution in [3.05, 3.63) is 22.4 Å². The van der Waals surface area contributed by atoms with Crippen LogP contribution in [0.1, 0.15) is 50.8 Å². The molecule has 1 heterocycles. The summed E-state index contributed by atoms with van der Waals surface area (Å²) in [6, 6.07) is 4.57. The smallest absolute Gasteiger partial charge is 0.239 e. The van der Waals surface area contributed by atoms with Crippen molar-refractivity contribution in [2.24, 2.45) is 4.99 Å². The van der Waals surface area contributed by atoms with Gasteiger partial charge in [-0.25, -0.2) is 0 Å². The van der Waals surface area contributed by atoms with Gasteiger partial charge in [0.25, 0.3) is 0 Å². The average molecular weight is 351 g/mol. The number of nitrogens with zero attached hydrogens (tertiary/aromatic N) is 1. The summed E-state index contributed by atoms with van der Waals surface area (Å²) in [6.45, 7) is 5.43. The predicted molar refractivity (Wildman–Crippen MR) is 102 cm³/mol. The van der Waals surface area contributed by atoms with E-state index >= 15 is 0 Å². The highest BCUT2D eigenvalue weighted by Gasteiger charge is 2.22. The van der Waals surface area contributed by atoms with Gasteiger partial charge in [-0.15, -0.1) is 11.3 Å². The van der Waals surface area contributed by atoms with Crippen LogP contribution in [0.5, 0.6) is 0 Å². The van der Waals surface area contributed by atoms with E-state index in [0.717, 1.165) is 19.4 Å². The second-order valence-corrected chi connectivity index (χ2v) is 7.99. The van der Waals surface area contributed by atoms with Crippen LogP contribution in [0.15, 0.2) is 22.5 Å². The summed E-state index contributed by atoms with van der Waals surface area (Å²) in [7, 11) is 1.73. The van der Waals surface area contributed by atoms with Gasteiger partial charge in [-0.3, -0.25) is 9.79 Å². The van der Waals surface area contributed by atoms with Crippen molar-refractivity contribution in [1.82, 2.24) is 16.0 Å². The number of amides is 1. The highest BCUT2D eigenvalue weighted by molar-refractivity contribution is 7.10. The molecule has 1 amide bonds. The van der Waals surface area contributed by atoms with Gasteiger partial charge in [-0.05, 0) is 24.3 Å². The van der Waals surface area contributed by atoms with Crippen LogP contribution >= 0.6 is 11.3 Å². The zero-order valence-electron chi connectivity index (χ0n) is 15.0. The van der Waals surface area contributed by atoms with Crippen LogP contribution in [0.3, 0.4) is 0 Å². The summed E-state index contributed by atoms with van der Waals surface area (Å²) in [6.07, 6.45) is 5.95. The third-order valence-electron chi connectivity index (χ3n) is 4.50. The van der Waals surface area contributed by atoms with Gasteiger partial charge in [-0.1, -0.05) is 39.2 Å². The second kappa shape index (κ2) is 9.06. The van der Waals surface area contributed by atoms with Crippen molar-refractivity contribution >= 4 is 23.2 Å². The average Bonchev–Trinajstić information content (AvgIpc) is 3.11. The molecule has 0 aliphatic heterocycles. The van der Waals surface area contributed by atoms with Crippen LogP contribution in [0.2, 0.25) is 0 Å². The highest BCUT2D eigenvalue weighted by Crippen LogP contribution is 2.26. The molecule has 1 aliphatic carbocycles. The first-order chi connectivity index (χ1) is 11.5. The molecular weight excluding hydrogens is 320 g/mol. The molecule has 0 radical (unpaired) electrons. The highest BCUT2D eigenvalue weighted by atomic mass is 32.1. The van der Waals surface area contributed by atoms with Crippen LogP contribution in [-0.2, 0) is 10.2 Å². The van der Waals surface area contributed by atoms with E-state index in [0.29, 0.717) is 12.0 Å². The molecule has 24 heavy (non-hydrogen) atoms. The third-order valence-corrected chi connectivity index (χ3v) is 5.73. The van der Waals surface area contributed by atoms with Crippen LogP contribution in [-0.4, -0.2) is 38.0 Å². The summed E-state index contributed by atoms with van der Waals surface area (Å²) in [5.41, 5.74) is 0.0240. The van der Waals surface area contributed by atoms with Crippen molar-refractivity contribution in [2.75, 3.05) is 20.1 Å². The second-order valence-electron chi connectivity index (χ2n) is 7.04. The Morgan fingerprint density at radius 1 is 1.29 bits per heavy atom. The first-order valence-electron chi connectivity index (χ1n) is 8.79. The molecule has 0 bridgehead atoms. The Morgan fingerprint density at radius 3 is 2.67 bits per heavy atom. The quantitative estimate of drug-likeness (QED) is 0.546. The lowest BCUT2D eigenvalue weighted by molar-refractivity contribution is -0.120. The Kier molecular flexibility index (Phi) is 7.09. The van der Waals surface area contributed by atoms with Crippen LogP contribution < -0.4 is 16.0 Å². The molecule has 6 heteroatoms. The van der Waals surface area contributed by atoms with Crippen molar-refractivity contribution < 1.29 is 4.79 Å². The van der Waals surface area contributed by atoms with Crippen molar-refractivity contribution in [3.8, 4) is 0 Å². The summed E-state index contributed by atoms with van der Waals surface area (Å²) in [4.78, 5) is 17.6. The van der Waals surface area contributed by atoms with Gasteiger partial charge < -0.3 is 16.0 Å². The van der Waals surface area contributed by atoms with Gasteiger partial charge in [0.15, 0.2) is 5.96 Å². The molecule has 0 unspecified atom stereocenters. The number of nitrogens with one attached hydrogen (secondary N) is 3. The van der Waals surface area contributed by atoms with Gasteiger partial charge in [0.2, 0.25) is 5.91 Å². The van der Waals surface area contributed by atoms with E-state index in [1.54, 1.807) is 18.4 Å². The van der Waals surface area contributed by atoms with E-state index in [2.05, 4.69) is 52.3 Å². The first kappa shape index (κ1) is 18.8. The Balaban J connectivity index is 1.73. The monoisotopic (exact) mass is 350 g/mol. The molecule has 1 aromatic rings. The zero-order chi connectivity index (χ0) is 17.4. The molecule has 0 aromatic carbocycles. The van der Waals surface area contributed by atoms with Gasteiger partial charge in [0.1, 0.15) is 0 Å². The van der Waals surface area contributed by atoms with Crippen LogP contribution in [0.4, 0.5) is 0 Å². The van der Waals surface area contributed by atoms with E-state index in [-0.39, 0.29) is 17.9 Å². The maximum Gasteiger partial charge on any atom is 0.239 e. The van der Waals surface area contributed by atoms with Crippen molar-refractivity contribution in [1.29, 1.82) is 0 Å². The molecule has 0 spiro atoms. The fourth-order valence-corrected chi connectivity index (χ4v) is 3.82. The normalized spacial score (nSPS) is 16.7. The Bertz CT molecular complexity index is 533. The number of thiophene rings is 1. The lowest BCUT2D eigenvalue weighted by Gasteiger charge is -2.25. The van der Waals surface area contributed by atoms with Gasteiger partial charge in [0, 0.05) is 29.9 Å². The molecule has 3 N–H and O–H groups in total. The van der Waals surface area contributed by atoms with Crippen molar-refractivity contribution in [2.45, 2.75) is 57.4 Å². The van der Waals surface area contributed by atoms with E-state index in [9.17, 15) is 4.79 Å². The lowest BCUT2D eigenvalue weighted by atomic mass is 9.91. The maximum atomic E-state index is 12.1. The Labute approximate surface area is 149 Å². The van der Waals surface area contributed by atoms with Crippen molar-refractivity contribution in [3.63, 3.8) is 0 Å². The third kappa shape index (κ3) is 5.82. The number of guanidine groups is 1. The minimum atomic E-state index is 0.0240. The first-order valence-corrected chi connectivity index (χ1v) is 9.67.